The van der Waals surface area contributed by atoms with Crippen LogP contribution in [0.15, 0.2) is 27.6 Å². The molecule has 7 nitrogen and oxygen atoms in total. The van der Waals surface area contributed by atoms with Gasteiger partial charge in [0.05, 0.1) is 22.9 Å². The van der Waals surface area contributed by atoms with Crippen molar-refractivity contribution in [1.82, 2.24) is 14.4 Å². The van der Waals surface area contributed by atoms with E-state index in [-0.39, 0.29) is 21.8 Å². The molecule has 1 atom stereocenters. The number of sulfonamides is 1. The molecule has 9 heteroatoms. The predicted octanol–water partition coefficient (Wildman–Crippen LogP) is 3.42. The van der Waals surface area contributed by atoms with Gasteiger partial charge in [0, 0.05) is 19.0 Å². The number of benzene rings is 1. The number of piperidine rings is 1. The molecule has 2 aromatic rings. The Morgan fingerprint density at radius 1 is 1.38 bits per heavy atom. The Labute approximate surface area is 158 Å². The molecule has 1 unspecified atom stereocenters. The van der Waals surface area contributed by atoms with Crippen LogP contribution in [0.3, 0.4) is 0 Å². The van der Waals surface area contributed by atoms with E-state index < -0.39 is 10.0 Å². The highest BCUT2D eigenvalue weighted by Gasteiger charge is 2.33. The summed E-state index contributed by atoms with van der Waals surface area (Å²) in [5.74, 6) is 1.64. The smallest absolute Gasteiger partial charge is 0.243 e. The van der Waals surface area contributed by atoms with Crippen LogP contribution in [-0.2, 0) is 10.0 Å². The van der Waals surface area contributed by atoms with E-state index in [4.69, 9.17) is 20.9 Å². The topological polar surface area (TPSA) is 85.5 Å². The van der Waals surface area contributed by atoms with Crippen LogP contribution < -0.4 is 4.74 Å². The predicted molar refractivity (Wildman–Crippen MR) is 97.1 cm³/mol. The Balaban J connectivity index is 1.82. The summed E-state index contributed by atoms with van der Waals surface area (Å²) in [6.07, 6.45) is 1.54. The van der Waals surface area contributed by atoms with Crippen molar-refractivity contribution in [1.29, 1.82) is 0 Å². The number of rotatable bonds is 5. The molecule has 0 saturated carbocycles. The molecule has 1 aliphatic heterocycles. The van der Waals surface area contributed by atoms with Crippen molar-refractivity contribution in [2.45, 2.75) is 43.4 Å². The molecule has 0 aliphatic carbocycles. The van der Waals surface area contributed by atoms with Crippen LogP contribution >= 0.6 is 11.6 Å². The summed E-state index contributed by atoms with van der Waals surface area (Å²) in [7, 11) is -2.17. The van der Waals surface area contributed by atoms with E-state index in [1.165, 1.54) is 23.5 Å². The normalized spacial score (nSPS) is 19.0. The van der Waals surface area contributed by atoms with E-state index in [2.05, 4.69) is 10.1 Å². The van der Waals surface area contributed by atoms with Crippen molar-refractivity contribution < 1.29 is 17.7 Å². The summed E-state index contributed by atoms with van der Waals surface area (Å²) < 4.78 is 37.9. The fourth-order valence-corrected chi connectivity index (χ4v) is 4.84. The van der Waals surface area contributed by atoms with E-state index in [1.54, 1.807) is 6.07 Å². The first-order valence-electron chi connectivity index (χ1n) is 8.50. The van der Waals surface area contributed by atoms with Crippen molar-refractivity contribution in [3.63, 3.8) is 0 Å². The molecular weight excluding hydrogens is 378 g/mol. The first-order valence-corrected chi connectivity index (χ1v) is 10.3. The number of nitrogens with zero attached hydrogens (tertiary/aromatic N) is 3. The summed E-state index contributed by atoms with van der Waals surface area (Å²) in [5, 5.41) is 4.25. The average Bonchev–Trinajstić information content (AvgIpc) is 3.12. The van der Waals surface area contributed by atoms with Crippen LogP contribution in [0.25, 0.3) is 0 Å². The van der Waals surface area contributed by atoms with Crippen molar-refractivity contribution in [3.05, 3.63) is 34.9 Å². The summed E-state index contributed by atoms with van der Waals surface area (Å²) in [6, 6.07) is 4.49. The minimum absolute atomic E-state index is 0.104. The van der Waals surface area contributed by atoms with Gasteiger partial charge in [-0.1, -0.05) is 30.6 Å². The fraction of sp³-hybridized carbons (Fsp3) is 0.529. The minimum atomic E-state index is -3.66. The van der Waals surface area contributed by atoms with Crippen LogP contribution in [0, 0.1) is 0 Å². The standard InChI is InChI=1S/C17H22ClN3O4S/c1-11(2)16-19-17(25-20-16)12-5-4-8-21(10-12)26(22,23)13-6-7-15(24-3)14(18)9-13/h6-7,9,11-12H,4-5,8,10H2,1-3H3. The number of aromatic nitrogens is 2. The SMILES string of the molecule is COc1ccc(S(=O)(=O)N2CCCC(c3nc(C(C)C)no3)C2)cc1Cl. The molecule has 0 radical (unpaired) electrons. The lowest BCUT2D eigenvalue weighted by molar-refractivity contribution is 0.265. The van der Waals surface area contributed by atoms with Gasteiger partial charge in [0.1, 0.15) is 5.75 Å². The zero-order valence-electron chi connectivity index (χ0n) is 15.0. The van der Waals surface area contributed by atoms with Gasteiger partial charge >= 0.3 is 0 Å². The van der Waals surface area contributed by atoms with Gasteiger partial charge in [-0.25, -0.2) is 8.42 Å². The molecule has 0 N–H and O–H groups in total. The van der Waals surface area contributed by atoms with Crippen LogP contribution in [0.4, 0.5) is 0 Å². The van der Waals surface area contributed by atoms with Gasteiger partial charge in [0.25, 0.3) is 0 Å². The third kappa shape index (κ3) is 3.72. The zero-order valence-corrected chi connectivity index (χ0v) is 16.5. The fourth-order valence-electron chi connectivity index (χ4n) is 2.97. The second-order valence-corrected chi connectivity index (χ2v) is 8.99. The molecule has 1 aromatic carbocycles. The molecule has 2 heterocycles. The van der Waals surface area contributed by atoms with E-state index in [1.807, 2.05) is 13.8 Å². The van der Waals surface area contributed by atoms with E-state index in [0.717, 1.165) is 12.8 Å². The highest BCUT2D eigenvalue weighted by atomic mass is 35.5. The lowest BCUT2D eigenvalue weighted by atomic mass is 10.00. The maximum Gasteiger partial charge on any atom is 0.243 e. The first kappa shape index (κ1) is 19.1. The molecule has 1 aromatic heterocycles. The summed E-state index contributed by atoms with van der Waals surface area (Å²) in [5.41, 5.74) is 0. The van der Waals surface area contributed by atoms with Crippen LogP contribution in [0.2, 0.25) is 5.02 Å². The zero-order chi connectivity index (χ0) is 18.9. The first-order chi connectivity index (χ1) is 12.3. The highest BCUT2D eigenvalue weighted by molar-refractivity contribution is 7.89. The van der Waals surface area contributed by atoms with Crippen molar-refractivity contribution >= 4 is 21.6 Å². The third-order valence-electron chi connectivity index (χ3n) is 4.47. The Bertz CT molecular complexity index is 882. The molecule has 1 fully saturated rings. The Hall–Kier alpha value is -1.64. The number of ether oxygens (including phenoxy) is 1. The van der Waals surface area contributed by atoms with E-state index in [9.17, 15) is 8.42 Å². The molecule has 1 saturated heterocycles. The number of halogens is 1. The molecule has 1 aliphatic rings. The van der Waals surface area contributed by atoms with Gasteiger partial charge in [-0.15, -0.1) is 0 Å². The second kappa shape index (κ2) is 7.54. The van der Waals surface area contributed by atoms with Gasteiger partial charge in [-0.05, 0) is 31.0 Å². The summed E-state index contributed by atoms with van der Waals surface area (Å²) in [6.45, 7) is 4.73. The van der Waals surface area contributed by atoms with E-state index in [0.29, 0.717) is 30.6 Å². The van der Waals surface area contributed by atoms with Crippen molar-refractivity contribution in [2.24, 2.45) is 0 Å². The largest absolute Gasteiger partial charge is 0.495 e. The molecule has 0 spiro atoms. The number of hydrogen-bond donors (Lipinski definition) is 0. The average molecular weight is 400 g/mol. The van der Waals surface area contributed by atoms with Gasteiger partial charge in [0.2, 0.25) is 15.9 Å². The Kier molecular flexibility index (Phi) is 5.55. The molecule has 0 bridgehead atoms. The molecule has 142 valence electrons. The third-order valence-corrected chi connectivity index (χ3v) is 6.62. The molecule has 26 heavy (non-hydrogen) atoms. The maximum absolute atomic E-state index is 13.0. The van der Waals surface area contributed by atoms with Crippen LogP contribution in [0.5, 0.6) is 5.75 Å². The monoisotopic (exact) mass is 399 g/mol. The maximum atomic E-state index is 13.0. The quantitative estimate of drug-likeness (QED) is 0.765. The van der Waals surface area contributed by atoms with Gasteiger partial charge in [-0.3, -0.25) is 0 Å². The van der Waals surface area contributed by atoms with Crippen molar-refractivity contribution in [2.75, 3.05) is 20.2 Å². The molecule has 3 rings (SSSR count). The second-order valence-electron chi connectivity index (χ2n) is 6.64. The minimum Gasteiger partial charge on any atom is -0.495 e. The Morgan fingerprint density at radius 3 is 2.77 bits per heavy atom. The summed E-state index contributed by atoms with van der Waals surface area (Å²) >= 11 is 6.09. The molecular formula is C17H22ClN3O4S. The van der Waals surface area contributed by atoms with Crippen molar-refractivity contribution in [3.8, 4) is 5.75 Å². The lowest BCUT2D eigenvalue weighted by Crippen LogP contribution is -2.39. The van der Waals surface area contributed by atoms with Gasteiger partial charge in [-0.2, -0.15) is 9.29 Å². The van der Waals surface area contributed by atoms with Crippen LogP contribution in [0.1, 0.15) is 50.2 Å². The summed E-state index contributed by atoms with van der Waals surface area (Å²) in [4.78, 5) is 4.57. The van der Waals surface area contributed by atoms with Gasteiger partial charge in [0.15, 0.2) is 5.82 Å². The molecule has 0 amide bonds. The number of methoxy groups -OCH3 is 1. The van der Waals surface area contributed by atoms with Gasteiger partial charge < -0.3 is 9.26 Å². The van der Waals surface area contributed by atoms with Crippen LogP contribution in [-0.4, -0.2) is 43.1 Å². The lowest BCUT2D eigenvalue weighted by Gasteiger charge is -2.30. The Morgan fingerprint density at radius 2 is 2.15 bits per heavy atom. The number of hydrogen-bond acceptors (Lipinski definition) is 6. The van der Waals surface area contributed by atoms with E-state index >= 15 is 0 Å². The highest BCUT2D eigenvalue weighted by Crippen LogP contribution is 2.32.